The quantitative estimate of drug-likeness (QED) is 0.0342. The Labute approximate surface area is 382 Å². The zero-order valence-corrected chi connectivity index (χ0v) is 36.9. The minimum Gasteiger partial charge on any atom is -0.485 e. The van der Waals surface area contributed by atoms with Crippen molar-refractivity contribution in [3.63, 3.8) is 0 Å². The molecule has 0 aromatic heterocycles. The van der Waals surface area contributed by atoms with Gasteiger partial charge < -0.3 is 40.8 Å². The lowest BCUT2D eigenvalue weighted by molar-refractivity contribution is -0.117. The maximum Gasteiger partial charge on any atom is 0.338 e. The zero-order chi connectivity index (χ0) is 48.0. The van der Waals surface area contributed by atoms with Gasteiger partial charge in [-0.25, -0.2) is 4.79 Å². The molecule has 0 aliphatic heterocycles. The Hall–Kier alpha value is -8.69. The molecule has 5 N–H and O–H groups in total. The van der Waals surface area contributed by atoms with Crippen molar-refractivity contribution in [2.24, 2.45) is 0 Å². The molecule has 0 fully saturated rings. The van der Waals surface area contributed by atoms with E-state index < -0.39 is 53.3 Å². The molecule has 15 nitrogen and oxygen atoms in total. The van der Waals surface area contributed by atoms with Gasteiger partial charge in [-0.1, -0.05) is 12.7 Å². The highest BCUT2D eigenvalue weighted by atomic mass is 16.6. The fourth-order valence-electron chi connectivity index (χ4n) is 6.01. The smallest absolute Gasteiger partial charge is 0.338 e. The van der Waals surface area contributed by atoms with E-state index in [2.05, 4.69) is 39.1 Å². The Morgan fingerprint density at radius 1 is 0.667 bits per heavy atom. The van der Waals surface area contributed by atoms with Gasteiger partial charge in [-0.05, 0) is 144 Å². The molecule has 0 saturated heterocycles. The van der Waals surface area contributed by atoms with Crippen LogP contribution in [0.1, 0.15) is 98.4 Å². The Morgan fingerprint density at radius 2 is 1.17 bits per heavy atom. The first-order valence-corrected chi connectivity index (χ1v) is 20.6. The van der Waals surface area contributed by atoms with Crippen LogP contribution < -0.4 is 36.1 Å². The standard InChI is InChI=1S/C51H48N6O9/c1-8-10-42(57-47(60)34-15-13-33(14-16-34)45(58)53-37-21-11-32(30-52)12-22-37)49(62)55-39-23-17-35(18-24-39)46(59)56-41-28-27-40(43(64-29-9-2)44(41)65-31(3)4)48(61)54-38-25-19-36(20-26-38)50(63)66-51(5,6)7/h1,9,11-28,31,42H,2,10,29H2,3-7H3,(H,53,58)(H,54,61)(H,55,62)(H,56,59)(H,57,60)/t42-/m0/s1. The van der Waals surface area contributed by atoms with E-state index in [9.17, 15) is 28.8 Å². The summed E-state index contributed by atoms with van der Waals surface area (Å²) in [6.07, 6.45) is 6.49. The Balaban J connectivity index is 1.24. The molecule has 336 valence electrons. The first kappa shape index (κ1) is 48.3. The molecule has 5 rings (SSSR count). The second-order valence-electron chi connectivity index (χ2n) is 15.8. The van der Waals surface area contributed by atoms with Gasteiger partial charge in [-0.3, -0.25) is 24.0 Å². The third-order valence-corrected chi connectivity index (χ3v) is 9.12. The van der Waals surface area contributed by atoms with Gasteiger partial charge in [0.15, 0.2) is 11.5 Å². The molecule has 5 aromatic carbocycles. The van der Waals surface area contributed by atoms with Gasteiger partial charge in [0.2, 0.25) is 5.91 Å². The monoisotopic (exact) mass is 888 g/mol. The number of esters is 1. The molecule has 5 amide bonds. The number of nitrogens with zero attached hydrogens (tertiary/aromatic N) is 1. The number of ether oxygens (including phenoxy) is 3. The van der Waals surface area contributed by atoms with Crippen molar-refractivity contribution in [1.82, 2.24) is 5.32 Å². The predicted octanol–water partition coefficient (Wildman–Crippen LogP) is 8.38. The van der Waals surface area contributed by atoms with E-state index >= 15 is 0 Å². The Morgan fingerprint density at radius 3 is 1.70 bits per heavy atom. The van der Waals surface area contributed by atoms with Crippen LogP contribution in [0.25, 0.3) is 0 Å². The highest BCUT2D eigenvalue weighted by Gasteiger charge is 2.25. The number of nitrogens with one attached hydrogen (secondary N) is 5. The Kier molecular flexibility index (Phi) is 16.2. The first-order valence-electron chi connectivity index (χ1n) is 20.6. The van der Waals surface area contributed by atoms with E-state index in [1.54, 1.807) is 71.0 Å². The maximum absolute atomic E-state index is 13.7. The van der Waals surface area contributed by atoms with Crippen LogP contribution in [0.2, 0.25) is 0 Å². The average Bonchev–Trinajstić information content (AvgIpc) is 3.28. The van der Waals surface area contributed by atoms with E-state index in [1.165, 1.54) is 78.9 Å². The van der Waals surface area contributed by atoms with E-state index in [0.29, 0.717) is 28.2 Å². The molecule has 0 unspecified atom stereocenters. The van der Waals surface area contributed by atoms with Gasteiger partial charge >= 0.3 is 5.97 Å². The summed E-state index contributed by atoms with van der Waals surface area (Å²) in [5, 5.41) is 22.7. The van der Waals surface area contributed by atoms with Crippen molar-refractivity contribution >= 4 is 58.3 Å². The van der Waals surface area contributed by atoms with Crippen molar-refractivity contribution in [3.8, 4) is 29.9 Å². The number of carbonyl (C=O) groups excluding carboxylic acids is 6. The van der Waals surface area contributed by atoms with E-state index in [4.69, 9.17) is 25.9 Å². The minimum atomic E-state index is -1.13. The number of anilines is 4. The van der Waals surface area contributed by atoms with Crippen LogP contribution in [0.3, 0.4) is 0 Å². The number of carbonyl (C=O) groups is 6. The number of benzene rings is 5. The lowest BCUT2D eigenvalue weighted by Crippen LogP contribution is -2.43. The summed E-state index contributed by atoms with van der Waals surface area (Å²) in [5.41, 5.74) is 2.25. The van der Waals surface area contributed by atoms with Gasteiger partial charge in [-0.15, -0.1) is 12.3 Å². The van der Waals surface area contributed by atoms with E-state index in [0.717, 1.165) is 0 Å². The largest absolute Gasteiger partial charge is 0.485 e. The molecule has 5 aromatic rings. The summed E-state index contributed by atoms with van der Waals surface area (Å²) in [6.45, 7) is 12.6. The number of hydrogen-bond acceptors (Lipinski definition) is 10. The molecule has 0 spiro atoms. The highest BCUT2D eigenvalue weighted by molar-refractivity contribution is 6.10. The lowest BCUT2D eigenvalue weighted by atomic mass is 10.1. The SMILES string of the molecule is C#CC[C@H](NC(=O)c1ccc(C(=O)Nc2ccc(C#N)cc2)cc1)C(=O)Nc1ccc(C(=O)Nc2ccc(C(=O)Nc3ccc(C(=O)OC(C)(C)C)cc3)c(OCC=C)c2OC(C)C)cc1. The first-order chi connectivity index (χ1) is 31.5. The van der Waals surface area contributed by atoms with Crippen molar-refractivity contribution in [2.75, 3.05) is 27.9 Å². The second-order valence-corrected chi connectivity index (χ2v) is 15.8. The number of nitriles is 1. The molecule has 0 radical (unpaired) electrons. The summed E-state index contributed by atoms with van der Waals surface area (Å²) in [6, 6.07) is 28.2. The third-order valence-electron chi connectivity index (χ3n) is 9.12. The van der Waals surface area contributed by atoms with Gasteiger partial charge in [0.1, 0.15) is 18.2 Å². The molecule has 15 heteroatoms. The minimum absolute atomic E-state index is 0.00582. The highest BCUT2D eigenvalue weighted by Crippen LogP contribution is 2.40. The van der Waals surface area contributed by atoms with Gasteiger partial charge in [-0.2, -0.15) is 5.26 Å². The van der Waals surface area contributed by atoms with Crippen molar-refractivity contribution in [3.05, 3.63) is 155 Å². The van der Waals surface area contributed by atoms with Crippen LogP contribution in [-0.2, 0) is 9.53 Å². The van der Waals surface area contributed by atoms with Crippen LogP contribution in [0.4, 0.5) is 22.7 Å². The summed E-state index contributed by atoms with van der Waals surface area (Å²) >= 11 is 0. The summed E-state index contributed by atoms with van der Waals surface area (Å²) < 4.78 is 17.5. The normalized spacial score (nSPS) is 11.1. The molecular formula is C51H48N6O9. The summed E-state index contributed by atoms with van der Waals surface area (Å²) in [5.74, 6) is -0.691. The maximum atomic E-state index is 13.7. The molecule has 0 aliphatic carbocycles. The van der Waals surface area contributed by atoms with Crippen LogP contribution in [-0.4, -0.2) is 59.9 Å². The van der Waals surface area contributed by atoms with Gasteiger partial charge in [0, 0.05) is 40.2 Å². The molecule has 66 heavy (non-hydrogen) atoms. The molecular weight excluding hydrogens is 841 g/mol. The number of rotatable bonds is 17. The number of terminal acetylenes is 1. The molecule has 0 bridgehead atoms. The van der Waals surface area contributed by atoms with Crippen molar-refractivity contribution in [2.45, 2.75) is 58.8 Å². The zero-order valence-electron chi connectivity index (χ0n) is 36.9. The molecule has 0 saturated carbocycles. The Bertz CT molecular complexity index is 2690. The lowest BCUT2D eigenvalue weighted by Gasteiger charge is -2.21. The topological polar surface area (TPSA) is 214 Å². The van der Waals surface area contributed by atoms with Gasteiger partial charge in [0.05, 0.1) is 34.6 Å². The van der Waals surface area contributed by atoms with E-state index in [1.807, 2.05) is 6.07 Å². The molecule has 0 aliphatic rings. The van der Waals surface area contributed by atoms with Crippen LogP contribution >= 0.6 is 0 Å². The second kappa shape index (κ2) is 22.1. The van der Waals surface area contributed by atoms with Crippen LogP contribution in [0.5, 0.6) is 11.5 Å². The molecule has 0 heterocycles. The van der Waals surface area contributed by atoms with Crippen LogP contribution in [0.15, 0.2) is 122 Å². The predicted molar refractivity (Wildman–Crippen MR) is 251 cm³/mol. The third kappa shape index (κ3) is 13.4. The number of hydrogen-bond donors (Lipinski definition) is 5. The van der Waals surface area contributed by atoms with Crippen LogP contribution in [0, 0.1) is 23.7 Å². The number of amides is 5. The fourth-order valence-corrected chi connectivity index (χ4v) is 6.01. The molecule has 1 atom stereocenters. The fraction of sp³-hybridized carbons (Fsp3) is 0.196. The van der Waals surface area contributed by atoms with E-state index in [-0.39, 0.29) is 52.5 Å². The summed E-state index contributed by atoms with van der Waals surface area (Å²) in [4.78, 5) is 79.0. The summed E-state index contributed by atoms with van der Waals surface area (Å²) in [7, 11) is 0. The average molecular weight is 889 g/mol. The van der Waals surface area contributed by atoms with Crippen molar-refractivity contribution in [1.29, 1.82) is 5.26 Å². The van der Waals surface area contributed by atoms with Gasteiger partial charge in [0.25, 0.3) is 23.6 Å². The van der Waals surface area contributed by atoms with Crippen molar-refractivity contribution < 1.29 is 43.0 Å².